The fraction of sp³-hybridized carbons (Fsp3) is 0.211. The van der Waals surface area contributed by atoms with Crippen molar-refractivity contribution in [2.45, 2.75) is 25.3 Å². The normalized spacial score (nSPS) is 16.6. The van der Waals surface area contributed by atoms with E-state index in [1.54, 1.807) is 6.07 Å². The number of amides is 1. The van der Waals surface area contributed by atoms with Gasteiger partial charge in [-0.05, 0) is 23.6 Å². The van der Waals surface area contributed by atoms with E-state index in [1.165, 1.54) is 5.01 Å². The standard InChI is InChI=1S/C19H17ClN2O3/c20-15-9-5-4-8-14(15)17-12-16(13-6-2-1-3-7-13)21-22(17)18(23)10-11-19(24)25/h1-9,17H,10-12H2,(H,24,25)/p-1/t17-/m0/s1. The third-order valence-corrected chi connectivity index (χ3v) is 4.42. The molecule has 1 heterocycles. The lowest BCUT2D eigenvalue weighted by molar-refractivity contribution is -0.305. The van der Waals surface area contributed by atoms with E-state index in [-0.39, 0.29) is 24.8 Å². The molecule has 6 heteroatoms. The molecule has 1 aliphatic rings. The van der Waals surface area contributed by atoms with E-state index in [9.17, 15) is 14.7 Å². The van der Waals surface area contributed by atoms with Crippen molar-refractivity contribution in [3.63, 3.8) is 0 Å². The Balaban J connectivity index is 1.92. The predicted molar refractivity (Wildman–Crippen MR) is 92.9 cm³/mol. The largest absolute Gasteiger partial charge is 0.550 e. The highest BCUT2D eigenvalue weighted by Gasteiger charge is 2.33. The van der Waals surface area contributed by atoms with Gasteiger partial charge in [0.25, 0.3) is 0 Å². The van der Waals surface area contributed by atoms with Crippen molar-refractivity contribution in [3.05, 3.63) is 70.7 Å². The minimum Gasteiger partial charge on any atom is -0.550 e. The molecule has 3 rings (SSSR count). The molecule has 1 atom stereocenters. The van der Waals surface area contributed by atoms with E-state index >= 15 is 0 Å². The molecule has 0 aromatic heterocycles. The molecule has 0 saturated carbocycles. The van der Waals surface area contributed by atoms with Gasteiger partial charge in [0.15, 0.2) is 0 Å². The van der Waals surface area contributed by atoms with E-state index in [1.807, 2.05) is 48.5 Å². The summed E-state index contributed by atoms with van der Waals surface area (Å²) < 4.78 is 0. The van der Waals surface area contributed by atoms with Crippen LogP contribution < -0.4 is 5.11 Å². The predicted octanol–water partition coefficient (Wildman–Crippen LogP) is 2.55. The average Bonchev–Trinajstić information content (AvgIpc) is 3.06. The molecule has 0 N–H and O–H groups in total. The summed E-state index contributed by atoms with van der Waals surface area (Å²) in [5, 5.41) is 17.0. The van der Waals surface area contributed by atoms with Crippen LogP contribution >= 0.6 is 11.6 Å². The molecule has 0 saturated heterocycles. The molecule has 2 aromatic rings. The van der Waals surface area contributed by atoms with E-state index in [2.05, 4.69) is 5.10 Å². The van der Waals surface area contributed by atoms with E-state index in [4.69, 9.17) is 11.6 Å². The van der Waals surface area contributed by atoms with Crippen LogP contribution in [0.25, 0.3) is 0 Å². The monoisotopic (exact) mass is 355 g/mol. The first-order valence-corrected chi connectivity index (χ1v) is 8.33. The van der Waals surface area contributed by atoms with E-state index in [0.717, 1.165) is 16.8 Å². The molecule has 0 unspecified atom stereocenters. The second kappa shape index (κ2) is 7.49. The van der Waals surface area contributed by atoms with Gasteiger partial charge in [-0.25, -0.2) is 5.01 Å². The summed E-state index contributed by atoms with van der Waals surface area (Å²) in [7, 11) is 0. The Labute approximate surface area is 150 Å². The van der Waals surface area contributed by atoms with Gasteiger partial charge in [0.1, 0.15) is 0 Å². The van der Waals surface area contributed by atoms with Crippen LogP contribution in [0.4, 0.5) is 0 Å². The van der Waals surface area contributed by atoms with Gasteiger partial charge in [-0.1, -0.05) is 60.1 Å². The number of rotatable bonds is 5. The molecular weight excluding hydrogens is 340 g/mol. The van der Waals surface area contributed by atoms with Gasteiger partial charge < -0.3 is 9.90 Å². The lowest BCUT2D eigenvalue weighted by Gasteiger charge is -2.23. The van der Waals surface area contributed by atoms with Crippen molar-refractivity contribution < 1.29 is 14.7 Å². The van der Waals surface area contributed by atoms with Crippen molar-refractivity contribution in [3.8, 4) is 0 Å². The second-order valence-corrected chi connectivity index (χ2v) is 6.17. The van der Waals surface area contributed by atoms with Gasteiger partial charge in [-0.3, -0.25) is 4.79 Å². The summed E-state index contributed by atoms with van der Waals surface area (Å²) >= 11 is 6.30. The number of halogens is 1. The zero-order valence-electron chi connectivity index (χ0n) is 13.4. The number of hydrazone groups is 1. The summed E-state index contributed by atoms with van der Waals surface area (Å²) in [5.41, 5.74) is 2.49. The quantitative estimate of drug-likeness (QED) is 0.827. The first-order chi connectivity index (χ1) is 12.1. The third-order valence-electron chi connectivity index (χ3n) is 4.08. The van der Waals surface area contributed by atoms with Gasteiger partial charge in [0.05, 0.1) is 11.8 Å². The maximum absolute atomic E-state index is 12.5. The van der Waals surface area contributed by atoms with Gasteiger partial charge in [0.2, 0.25) is 5.91 Å². The first-order valence-electron chi connectivity index (χ1n) is 7.95. The average molecular weight is 356 g/mol. The number of carboxylic acids is 1. The van der Waals surface area contributed by atoms with Crippen LogP contribution in [-0.4, -0.2) is 22.6 Å². The molecule has 1 amide bonds. The molecule has 0 bridgehead atoms. The molecule has 128 valence electrons. The third kappa shape index (κ3) is 3.88. The van der Waals surface area contributed by atoms with Gasteiger partial charge in [-0.2, -0.15) is 5.10 Å². The molecule has 0 aliphatic carbocycles. The molecular formula is C19H16ClN2O3-. The summed E-state index contributed by atoms with van der Waals surface area (Å²) in [6.07, 6.45) is 0.0282. The molecule has 0 radical (unpaired) electrons. The van der Waals surface area contributed by atoms with Crippen molar-refractivity contribution in [2.24, 2.45) is 5.10 Å². The number of aliphatic carboxylic acids is 1. The molecule has 2 aromatic carbocycles. The van der Waals surface area contributed by atoms with Crippen molar-refractivity contribution in [1.29, 1.82) is 0 Å². The zero-order chi connectivity index (χ0) is 17.8. The highest BCUT2D eigenvalue weighted by Crippen LogP contribution is 2.36. The Bertz CT molecular complexity index is 820. The lowest BCUT2D eigenvalue weighted by atomic mass is 9.98. The van der Waals surface area contributed by atoms with E-state index in [0.29, 0.717) is 11.4 Å². The summed E-state index contributed by atoms with van der Waals surface area (Å²) in [6, 6.07) is 16.5. The summed E-state index contributed by atoms with van der Waals surface area (Å²) in [6.45, 7) is 0. The molecule has 5 nitrogen and oxygen atoms in total. The molecule has 1 aliphatic heterocycles. The van der Waals surface area contributed by atoms with Gasteiger partial charge >= 0.3 is 0 Å². The Morgan fingerprint density at radius 1 is 1.08 bits per heavy atom. The molecule has 0 spiro atoms. The zero-order valence-corrected chi connectivity index (χ0v) is 14.1. The fourth-order valence-corrected chi connectivity index (χ4v) is 3.12. The van der Waals surface area contributed by atoms with Crippen LogP contribution in [0.15, 0.2) is 59.7 Å². The van der Waals surface area contributed by atoms with Crippen molar-refractivity contribution >= 4 is 29.2 Å². The number of carbonyl (C=O) groups excluding carboxylic acids is 2. The number of hydrogen-bond donors (Lipinski definition) is 0. The van der Waals surface area contributed by atoms with Gasteiger partial charge in [0, 0.05) is 23.8 Å². The second-order valence-electron chi connectivity index (χ2n) is 5.76. The maximum atomic E-state index is 12.5. The fourth-order valence-electron chi connectivity index (χ4n) is 2.86. The van der Waals surface area contributed by atoms with Crippen LogP contribution in [0.3, 0.4) is 0 Å². The van der Waals surface area contributed by atoms with Crippen LogP contribution in [0, 0.1) is 0 Å². The van der Waals surface area contributed by atoms with Crippen molar-refractivity contribution in [2.75, 3.05) is 0 Å². The van der Waals surface area contributed by atoms with Crippen LogP contribution in [-0.2, 0) is 9.59 Å². The van der Waals surface area contributed by atoms with Crippen LogP contribution in [0.5, 0.6) is 0 Å². The van der Waals surface area contributed by atoms with E-state index < -0.39 is 5.97 Å². The molecule has 25 heavy (non-hydrogen) atoms. The number of benzene rings is 2. The number of nitrogens with zero attached hydrogens (tertiary/aromatic N) is 2. The van der Waals surface area contributed by atoms with Crippen molar-refractivity contribution in [1.82, 2.24) is 5.01 Å². The number of hydrogen-bond acceptors (Lipinski definition) is 4. The van der Waals surface area contributed by atoms with Crippen LogP contribution in [0.1, 0.15) is 36.4 Å². The summed E-state index contributed by atoms with van der Waals surface area (Å²) in [4.78, 5) is 23.2. The molecule has 0 fully saturated rings. The number of carbonyl (C=O) groups is 2. The maximum Gasteiger partial charge on any atom is 0.243 e. The minimum absolute atomic E-state index is 0.158. The number of carboxylic acid groups (broad SMARTS) is 1. The highest BCUT2D eigenvalue weighted by atomic mass is 35.5. The van der Waals surface area contributed by atoms with Crippen LogP contribution in [0.2, 0.25) is 5.02 Å². The minimum atomic E-state index is -1.26. The highest BCUT2D eigenvalue weighted by molar-refractivity contribution is 6.31. The SMILES string of the molecule is O=C([O-])CCC(=O)N1N=C(c2ccccc2)C[C@H]1c1ccccc1Cl. The Morgan fingerprint density at radius 2 is 1.76 bits per heavy atom. The Morgan fingerprint density at radius 3 is 2.44 bits per heavy atom. The topological polar surface area (TPSA) is 72.8 Å². The summed E-state index contributed by atoms with van der Waals surface area (Å²) in [5.74, 6) is -1.62. The lowest BCUT2D eigenvalue weighted by Crippen LogP contribution is -2.30. The smallest absolute Gasteiger partial charge is 0.243 e. The van der Waals surface area contributed by atoms with Gasteiger partial charge in [-0.15, -0.1) is 0 Å². The Kier molecular flexibility index (Phi) is 5.14. The first kappa shape index (κ1) is 17.2. The Hall–Kier alpha value is -2.66.